The predicted molar refractivity (Wildman–Crippen MR) is 89.9 cm³/mol. The van der Waals surface area contributed by atoms with E-state index in [0.29, 0.717) is 18.7 Å². The van der Waals surface area contributed by atoms with E-state index < -0.39 is 5.97 Å². The van der Waals surface area contributed by atoms with Crippen molar-refractivity contribution in [1.29, 1.82) is 0 Å². The Kier molecular flexibility index (Phi) is 4.94. The lowest BCUT2D eigenvalue weighted by Crippen LogP contribution is -2.44. The zero-order chi connectivity index (χ0) is 17.1. The van der Waals surface area contributed by atoms with Gasteiger partial charge in [-0.2, -0.15) is 5.10 Å². The standard InChI is InChI=1S/C16H20N4O3S/c1-19-9-11(8-17-19)15-18-13(10-24-15)16(23)20-7-3-2-4-12(20)5-6-14(21)22/h8-10,12H,2-7H2,1H3,(H,21,22). The average Bonchev–Trinajstić information content (AvgIpc) is 3.21. The van der Waals surface area contributed by atoms with E-state index in [9.17, 15) is 9.59 Å². The van der Waals surface area contributed by atoms with Gasteiger partial charge in [0.1, 0.15) is 10.7 Å². The minimum absolute atomic E-state index is 0.00843. The van der Waals surface area contributed by atoms with Gasteiger partial charge in [0.25, 0.3) is 5.91 Å². The van der Waals surface area contributed by atoms with Crippen LogP contribution in [-0.4, -0.2) is 49.2 Å². The minimum atomic E-state index is -0.819. The Hall–Kier alpha value is -2.22. The number of piperidine rings is 1. The summed E-state index contributed by atoms with van der Waals surface area (Å²) in [6.07, 6.45) is 7.03. The van der Waals surface area contributed by atoms with E-state index in [1.165, 1.54) is 11.3 Å². The fourth-order valence-electron chi connectivity index (χ4n) is 3.04. The lowest BCUT2D eigenvalue weighted by Gasteiger charge is -2.35. The molecule has 0 saturated carbocycles. The smallest absolute Gasteiger partial charge is 0.303 e. The topological polar surface area (TPSA) is 88.3 Å². The van der Waals surface area contributed by atoms with Crippen LogP contribution in [0.1, 0.15) is 42.6 Å². The second-order valence-electron chi connectivity index (χ2n) is 6.02. The Bertz CT molecular complexity index is 739. The number of aliphatic carboxylic acids is 1. The summed E-state index contributed by atoms with van der Waals surface area (Å²) in [6, 6.07) is -0.00843. The number of carboxylic acid groups (broad SMARTS) is 1. The molecule has 2 aromatic heterocycles. The highest BCUT2D eigenvalue weighted by Gasteiger charge is 2.29. The van der Waals surface area contributed by atoms with Crippen molar-refractivity contribution in [2.45, 2.75) is 38.1 Å². The van der Waals surface area contributed by atoms with Crippen molar-refractivity contribution in [3.8, 4) is 10.6 Å². The van der Waals surface area contributed by atoms with Gasteiger partial charge in [0.15, 0.2) is 0 Å². The van der Waals surface area contributed by atoms with Gasteiger partial charge in [0, 0.05) is 43.2 Å². The summed E-state index contributed by atoms with van der Waals surface area (Å²) in [5.41, 5.74) is 1.32. The molecule has 1 amide bonds. The van der Waals surface area contributed by atoms with Gasteiger partial charge in [0.2, 0.25) is 0 Å². The molecule has 3 heterocycles. The van der Waals surface area contributed by atoms with E-state index in [0.717, 1.165) is 29.8 Å². The monoisotopic (exact) mass is 348 g/mol. The first kappa shape index (κ1) is 16.6. The second-order valence-corrected chi connectivity index (χ2v) is 6.88. The number of aryl methyl sites for hydroxylation is 1. The molecule has 1 N–H and O–H groups in total. The molecule has 0 radical (unpaired) electrons. The number of hydrogen-bond acceptors (Lipinski definition) is 5. The summed E-state index contributed by atoms with van der Waals surface area (Å²) in [5.74, 6) is -0.919. The van der Waals surface area contributed by atoms with Crippen molar-refractivity contribution in [2.75, 3.05) is 6.54 Å². The highest BCUT2D eigenvalue weighted by atomic mass is 32.1. The van der Waals surface area contributed by atoms with Crippen molar-refractivity contribution in [1.82, 2.24) is 19.7 Å². The molecule has 0 aliphatic carbocycles. The third kappa shape index (κ3) is 3.64. The first-order chi connectivity index (χ1) is 11.5. The number of carboxylic acids is 1. The summed E-state index contributed by atoms with van der Waals surface area (Å²) in [4.78, 5) is 29.9. The maximum atomic E-state index is 12.8. The molecular weight excluding hydrogens is 328 g/mol. The molecule has 24 heavy (non-hydrogen) atoms. The van der Waals surface area contributed by atoms with E-state index >= 15 is 0 Å². The maximum Gasteiger partial charge on any atom is 0.303 e. The third-order valence-electron chi connectivity index (χ3n) is 4.25. The Morgan fingerprint density at radius 1 is 1.42 bits per heavy atom. The Labute approximate surface area is 143 Å². The molecule has 1 aliphatic heterocycles. The van der Waals surface area contributed by atoms with Gasteiger partial charge < -0.3 is 10.0 Å². The number of carbonyl (C=O) groups excluding carboxylic acids is 1. The highest BCUT2D eigenvalue weighted by Crippen LogP contribution is 2.26. The highest BCUT2D eigenvalue weighted by molar-refractivity contribution is 7.13. The predicted octanol–water partition coefficient (Wildman–Crippen LogP) is 2.40. The van der Waals surface area contributed by atoms with E-state index in [4.69, 9.17) is 5.11 Å². The molecule has 2 aromatic rings. The zero-order valence-electron chi connectivity index (χ0n) is 13.5. The summed E-state index contributed by atoms with van der Waals surface area (Å²) in [7, 11) is 1.84. The summed E-state index contributed by atoms with van der Waals surface area (Å²) >= 11 is 1.42. The molecule has 3 rings (SSSR count). The van der Waals surface area contributed by atoms with Gasteiger partial charge in [-0.15, -0.1) is 11.3 Å². The first-order valence-electron chi connectivity index (χ1n) is 8.02. The van der Waals surface area contributed by atoms with Crippen LogP contribution in [-0.2, 0) is 11.8 Å². The molecule has 0 aromatic carbocycles. The number of carbonyl (C=O) groups is 2. The Morgan fingerprint density at radius 2 is 2.25 bits per heavy atom. The van der Waals surface area contributed by atoms with Gasteiger partial charge in [-0.05, 0) is 25.7 Å². The van der Waals surface area contributed by atoms with Crippen LogP contribution in [0.2, 0.25) is 0 Å². The van der Waals surface area contributed by atoms with Gasteiger partial charge in [-0.1, -0.05) is 0 Å². The van der Waals surface area contributed by atoms with Crippen molar-refractivity contribution in [3.05, 3.63) is 23.5 Å². The maximum absolute atomic E-state index is 12.8. The number of rotatable bonds is 5. The van der Waals surface area contributed by atoms with Gasteiger partial charge >= 0.3 is 5.97 Å². The van der Waals surface area contributed by atoms with Crippen molar-refractivity contribution in [3.63, 3.8) is 0 Å². The molecular formula is C16H20N4O3S. The number of thiazole rings is 1. The number of aromatic nitrogens is 3. The fraction of sp³-hybridized carbons (Fsp3) is 0.500. The van der Waals surface area contributed by atoms with E-state index in [1.54, 1.807) is 21.2 Å². The molecule has 1 unspecified atom stereocenters. The quantitative estimate of drug-likeness (QED) is 0.896. The Balaban J connectivity index is 1.74. The summed E-state index contributed by atoms with van der Waals surface area (Å²) < 4.78 is 1.70. The molecule has 0 spiro atoms. The fourth-order valence-corrected chi connectivity index (χ4v) is 3.81. The lowest BCUT2D eigenvalue weighted by molar-refractivity contribution is -0.137. The van der Waals surface area contributed by atoms with Crippen LogP contribution in [0, 0.1) is 0 Å². The average molecular weight is 348 g/mol. The van der Waals surface area contributed by atoms with Crippen molar-refractivity contribution >= 4 is 23.2 Å². The van der Waals surface area contributed by atoms with Crippen molar-refractivity contribution in [2.24, 2.45) is 7.05 Å². The Morgan fingerprint density at radius 3 is 2.96 bits per heavy atom. The van der Waals surface area contributed by atoms with Crippen molar-refractivity contribution < 1.29 is 14.7 Å². The van der Waals surface area contributed by atoms with Crippen LogP contribution in [0.15, 0.2) is 17.8 Å². The van der Waals surface area contributed by atoms with E-state index in [-0.39, 0.29) is 18.4 Å². The molecule has 1 saturated heterocycles. The van der Waals surface area contributed by atoms with E-state index in [2.05, 4.69) is 10.1 Å². The van der Waals surface area contributed by atoms with Gasteiger partial charge in [-0.3, -0.25) is 14.3 Å². The van der Waals surface area contributed by atoms with E-state index in [1.807, 2.05) is 13.2 Å². The molecule has 8 heteroatoms. The summed E-state index contributed by atoms with van der Waals surface area (Å²) in [6.45, 7) is 0.670. The molecule has 7 nitrogen and oxygen atoms in total. The third-order valence-corrected chi connectivity index (χ3v) is 5.15. The van der Waals surface area contributed by atoms with Crippen LogP contribution in [0.25, 0.3) is 10.6 Å². The SMILES string of the molecule is Cn1cc(-c2nc(C(=O)N3CCCCC3CCC(=O)O)cs2)cn1. The lowest BCUT2D eigenvalue weighted by atomic mass is 9.97. The molecule has 128 valence electrons. The van der Waals surface area contributed by atoms with Gasteiger partial charge in [0.05, 0.1) is 6.20 Å². The second kappa shape index (κ2) is 7.12. The number of hydrogen-bond donors (Lipinski definition) is 1. The van der Waals surface area contributed by atoms with Crippen LogP contribution >= 0.6 is 11.3 Å². The largest absolute Gasteiger partial charge is 0.481 e. The number of nitrogens with zero attached hydrogens (tertiary/aromatic N) is 4. The van der Waals surface area contributed by atoms with Crippen LogP contribution in [0.4, 0.5) is 0 Å². The molecule has 1 atom stereocenters. The van der Waals surface area contributed by atoms with Crippen LogP contribution < -0.4 is 0 Å². The molecule has 1 aliphatic rings. The minimum Gasteiger partial charge on any atom is -0.481 e. The van der Waals surface area contributed by atoms with Crippen LogP contribution in [0.5, 0.6) is 0 Å². The molecule has 1 fully saturated rings. The normalized spacial score (nSPS) is 17.9. The van der Waals surface area contributed by atoms with Gasteiger partial charge in [-0.25, -0.2) is 4.98 Å². The van der Waals surface area contributed by atoms with Crippen LogP contribution in [0.3, 0.4) is 0 Å². The number of likely N-dealkylation sites (tertiary alicyclic amines) is 1. The first-order valence-corrected chi connectivity index (χ1v) is 8.90. The zero-order valence-corrected chi connectivity index (χ0v) is 14.3. The number of amides is 1. The summed E-state index contributed by atoms with van der Waals surface area (Å²) in [5, 5.41) is 15.6. The molecule has 0 bridgehead atoms.